The first-order valence-corrected chi connectivity index (χ1v) is 11.4. The van der Waals surface area contributed by atoms with Gasteiger partial charge in [0.25, 0.3) is 0 Å². The summed E-state index contributed by atoms with van der Waals surface area (Å²) in [5.74, 6) is 0.459. The van der Waals surface area contributed by atoms with Crippen LogP contribution in [0, 0.1) is 13.8 Å². The number of nitrogens with zero attached hydrogens (tertiary/aromatic N) is 2. The molecule has 0 saturated carbocycles. The zero-order chi connectivity index (χ0) is 22.2. The van der Waals surface area contributed by atoms with E-state index in [1.807, 2.05) is 19.4 Å². The van der Waals surface area contributed by atoms with Gasteiger partial charge in [0.05, 0.1) is 11.1 Å². The number of hydrogen-bond acceptors (Lipinski definition) is 4. The molecule has 3 N–H and O–H groups in total. The van der Waals surface area contributed by atoms with Gasteiger partial charge in [-0.15, -0.1) is 0 Å². The van der Waals surface area contributed by atoms with Crippen LogP contribution in [0.1, 0.15) is 32.9 Å². The summed E-state index contributed by atoms with van der Waals surface area (Å²) < 4.78 is 39.6. The third kappa shape index (κ3) is 4.38. The van der Waals surface area contributed by atoms with Crippen LogP contribution in [0.15, 0.2) is 30.3 Å². The molecule has 1 heterocycles. The first kappa shape index (κ1) is 22.0. The van der Waals surface area contributed by atoms with Crippen molar-refractivity contribution in [2.75, 3.05) is 18.6 Å². The van der Waals surface area contributed by atoms with Crippen LogP contribution < -0.4 is 16.4 Å². The summed E-state index contributed by atoms with van der Waals surface area (Å²) in [5.41, 5.74) is 6.57. The van der Waals surface area contributed by atoms with E-state index in [0.717, 1.165) is 11.4 Å². The Labute approximate surface area is 173 Å². The topological polar surface area (TPSA) is 80.9 Å². The number of alkyl halides is 3. The predicted molar refractivity (Wildman–Crippen MR) is 115 cm³/mol. The molecule has 3 aromatic rings. The van der Waals surface area contributed by atoms with Gasteiger partial charge in [0.1, 0.15) is 11.6 Å². The molecule has 0 bridgehead atoms. The van der Waals surface area contributed by atoms with E-state index in [4.69, 9.17) is 5.73 Å². The molecule has 0 unspecified atom stereocenters. The predicted octanol–water partition coefficient (Wildman–Crippen LogP) is 4.34. The maximum absolute atomic E-state index is 13.2. The Kier molecular flexibility index (Phi) is 5.99. The van der Waals surface area contributed by atoms with Gasteiger partial charge in [0.2, 0.25) is 5.91 Å². The van der Waals surface area contributed by atoms with Gasteiger partial charge in [-0.1, -0.05) is 20.1 Å². The van der Waals surface area contributed by atoms with E-state index >= 15 is 0 Å². The van der Waals surface area contributed by atoms with E-state index in [2.05, 4.69) is 15.3 Å². The molecule has 1 aromatic heterocycles. The summed E-state index contributed by atoms with van der Waals surface area (Å²) in [7, 11) is -0.627. The summed E-state index contributed by atoms with van der Waals surface area (Å²) in [5, 5.41) is 4.68. The van der Waals surface area contributed by atoms with Crippen LogP contribution in [0.3, 0.4) is 0 Å². The third-order valence-corrected chi connectivity index (χ3v) is 6.20. The molecule has 0 aliphatic carbocycles. The summed E-state index contributed by atoms with van der Waals surface area (Å²) in [6.07, 6.45) is -4.40. The summed E-state index contributed by atoms with van der Waals surface area (Å²) in [6, 6.07) is 7.63. The highest BCUT2D eigenvalue weighted by Crippen LogP contribution is 2.34. The molecular formula is C21H22F3N4OP. The number of fused-ring (bicyclic) bond motifs is 1. The Hall–Kier alpha value is -2.73. The van der Waals surface area contributed by atoms with Crippen molar-refractivity contribution in [1.82, 2.24) is 9.97 Å². The quantitative estimate of drug-likeness (QED) is 0.586. The number of carbonyl (C=O) groups excluding carboxylic acids is 1. The summed E-state index contributed by atoms with van der Waals surface area (Å²) in [6.45, 7) is 7.36. The van der Waals surface area contributed by atoms with Crippen LogP contribution in [0.2, 0.25) is 0 Å². The smallest absolute Gasteiger partial charge is 0.366 e. The highest BCUT2D eigenvalue weighted by molar-refractivity contribution is 7.64. The minimum atomic E-state index is -4.40. The molecule has 2 aromatic carbocycles. The minimum absolute atomic E-state index is 0.168. The first-order valence-electron chi connectivity index (χ1n) is 9.18. The fourth-order valence-corrected chi connectivity index (χ4v) is 4.39. The average molecular weight is 434 g/mol. The number of primary amides is 1. The number of hydrogen-bond donors (Lipinski definition) is 2. The van der Waals surface area contributed by atoms with Crippen molar-refractivity contribution < 1.29 is 18.0 Å². The fraction of sp³-hybridized carbons (Fsp3) is 0.286. The molecule has 0 radical (unpaired) electrons. The van der Waals surface area contributed by atoms with Crippen LogP contribution in [-0.4, -0.2) is 29.2 Å². The molecule has 0 saturated heterocycles. The lowest BCUT2D eigenvalue weighted by Crippen LogP contribution is -2.21. The van der Waals surface area contributed by atoms with Gasteiger partial charge in [0.15, 0.2) is 0 Å². The highest BCUT2D eigenvalue weighted by atomic mass is 31.1. The second-order valence-corrected chi connectivity index (χ2v) is 9.48. The number of rotatable bonds is 5. The second kappa shape index (κ2) is 8.19. The van der Waals surface area contributed by atoms with Gasteiger partial charge in [0, 0.05) is 17.5 Å². The van der Waals surface area contributed by atoms with Crippen LogP contribution in [0.25, 0.3) is 10.9 Å². The molecule has 0 spiro atoms. The second-order valence-electron chi connectivity index (χ2n) is 7.21. The van der Waals surface area contributed by atoms with Crippen molar-refractivity contribution in [2.45, 2.75) is 26.6 Å². The van der Waals surface area contributed by atoms with Crippen LogP contribution >= 0.6 is 7.92 Å². The van der Waals surface area contributed by atoms with E-state index in [1.165, 1.54) is 13.0 Å². The lowest BCUT2D eigenvalue weighted by molar-refractivity contribution is -0.138. The maximum atomic E-state index is 13.2. The highest BCUT2D eigenvalue weighted by Gasteiger charge is 2.32. The summed E-state index contributed by atoms with van der Waals surface area (Å²) >= 11 is 0. The first-order chi connectivity index (χ1) is 14.0. The summed E-state index contributed by atoms with van der Waals surface area (Å²) in [4.78, 5) is 20.7. The van der Waals surface area contributed by atoms with Gasteiger partial charge in [-0.3, -0.25) is 4.79 Å². The standard InChI is InChI=1S/C21H22F3N4OP/c1-11-13(6-5-7-16(11)21(22,23)24)10-26-20-14-9-18(30(3)4)15(19(25)29)8-17(14)27-12(2)28-20/h5-9H,10H2,1-4H3,(H2,25,29)(H,26,27,28). The molecule has 0 fully saturated rings. The zero-order valence-corrected chi connectivity index (χ0v) is 17.9. The van der Waals surface area contributed by atoms with Crippen molar-refractivity contribution in [3.63, 3.8) is 0 Å². The largest absolute Gasteiger partial charge is 0.416 e. The molecule has 0 aliphatic rings. The van der Waals surface area contributed by atoms with Crippen LogP contribution in [0.4, 0.5) is 19.0 Å². The minimum Gasteiger partial charge on any atom is -0.366 e. The van der Waals surface area contributed by atoms with Crippen molar-refractivity contribution >= 4 is 35.9 Å². The van der Waals surface area contributed by atoms with Gasteiger partial charge in [-0.25, -0.2) is 9.97 Å². The molecule has 3 rings (SSSR count). The van der Waals surface area contributed by atoms with E-state index in [1.54, 1.807) is 19.1 Å². The maximum Gasteiger partial charge on any atom is 0.416 e. The van der Waals surface area contributed by atoms with E-state index in [0.29, 0.717) is 33.7 Å². The van der Waals surface area contributed by atoms with E-state index in [9.17, 15) is 18.0 Å². The normalized spacial score (nSPS) is 11.9. The van der Waals surface area contributed by atoms with Gasteiger partial charge < -0.3 is 11.1 Å². The van der Waals surface area contributed by atoms with Gasteiger partial charge in [-0.05, 0) is 61.8 Å². The van der Waals surface area contributed by atoms with Crippen molar-refractivity contribution in [3.8, 4) is 0 Å². The number of benzene rings is 2. The Morgan fingerprint density at radius 2 is 1.87 bits per heavy atom. The molecular weight excluding hydrogens is 412 g/mol. The number of carbonyl (C=O) groups is 1. The molecule has 5 nitrogen and oxygen atoms in total. The number of amides is 1. The Morgan fingerprint density at radius 1 is 1.17 bits per heavy atom. The lowest BCUT2D eigenvalue weighted by atomic mass is 10.0. The molecule has 9 heteroatoms. The SMILES string of the molecule is Cc1nc(NCc2cccc(C(F)(F)F)c2C)c2cc(P(C)C)c(C(N)=O)cc2n1. The molecule has 30 heavy (non-hydrogen) atoms. The molecule has 158 valence electrons. The monoisotopic (exact) mass is 434 g/mol. The van der Waals surface area contributed by atoms with Gasteiger partial charge in [-0.2, -0.15) is 13.2 Å². The molecule has 0 atom stereocenters. The Morgan fingerprint density at radius 3 is 2.47 bits per heavy atom. The Bertz CT molecular complexity index is 1130. The van der Waals surface area contributed by atoms with Crippen LogP contribution in [-0.2, 0) is 12.7 Å². The number of anilines is 1. The third-order valence-electron chi connectivity index (χ3n) is 4.87. The van der Waals surface area contributed by atoms with Gasteiger partial charge >= 0.3 is 6.18 Å². The van der Waals surface area contributed by atoms with E-state index < -0.39 is 25.6 Å². The Balaban J connectivity index is 2.05. The zero-order valence-electron chi connectivity index (χ0n) is 17.1. The van der Waals surface area contributed by atoms with Crippen molar-refractivity contribution in [3.05, 3.63) is 58.4 Å². The number of aromatic nitrogens is 2. The number of nitrogens with two attached hydrogens (primary N) is 1. The van der Waals surface area contributed by atoms with Crippen LogP contribution in [0.5, 0.6) is 0 Å². The molecule has 0 aliphatic heterocycles. The fourth-order valence-electron chi connectivity index (χ4n) is 3.34. The number of nitrogens with one attached hydrogen (secondary N) is 1. The number of halogens is 3. The van der Waals surface area contributed by atoms with Crippen molar-refractivity contribution in [1.29, 1.82) is 0 Å². The average Bonchev–Trinajstić information content (AvgIpc) is 2.64. The molecule has 1 amide bonds. The van der Waals surface area contributed by atoms with E-state index in [-0.39, 0.29) is 12.1 Å². The van der Waals surface area contributed by atoms with Crippen molar-refractivity contribution in [2.24, 2.45) is 5.73 Å². The number of aryl methyl sites for hydroxylation is 1. The lowest BCUT2D eigenvalue weighted by Gasteiger charge is -2.17.